The number of esters is 5. The van der Waals surface area contributed by atoms with Crippen molar-refractivity contribution in [3.05, 3.63) is 63.3 Å². The van der Waals surface area contributed by atoms with Gasteiger partial charge in [-0.05, 0) is 0 Å². The molecule has 1 rings (SSSR count). The lowest BCUT2D eigenvalue weighted by molar-refractivity contribution is -0.298. The van der Waals surface area contributed by atoms with Gasteiger partial charge in [-0.25, -0.2) is 24.0 Å². The molecule has 1 heterocycles. The van der Waals surface area contributed by atoms with Crippen molar-refractivity contribution in [1.82, 2.24) is 0 Å². The summed E-state index contributed by atoms with van der Waals surface area (Å²) in [5, 5.41) is 0. The molecular formula is C21H22O11. The SMILES string of the molecule is C=CC(=O)OC[C@H]1OC(OC(=O)C=C)[C@H](OC(=O)C=C)[C@@H](OC(=O)C=C)[C@@H]1OC(=O)C=C. The van der Waals surface area contributed by atoms with Crippen molar-refractivity contribution >= 4 is 29.8 Å². The zero-order valence-corrected chi connectivity index (χ0v) is 17.0. The van der Waals surface area contributed by atoms with Gasteiger partial charge >= 0.3 is 29.8 Å². The molecule has 11 nitrogen and oxygen atoms in total. The maximum Gasteiger partial charge on any atom is 0.332 e. The summed E-state index contributed by atoms with van der Waals surface area (Å²) in [6.07, 6.45) is -3.65. The minimum Gasteiger partial charge on any atom is -0.460 e. The minimum absolute atomic E-state index is 0.549. The van der Waals surface area contributed by atoms with Crippen LogP contribution in [-0.4, -0.2) is 67.2 Å². The highest BCUT2D eigenvalue weighted by molar-refractivity contribution is 5.84. The van der Waals surface area contributed by atoms with Crippen LogP contribution in [0.2, 0.25) is 0 Å². The van der Waals surface area contributed by atoms with E-state index >= 15 is 0 Å². The summed E-state index contributed by atoms with van der Waals surface area (Å²) in [7, 11) is 0. The Morgan fingerprint density at radius 3 is 1.47 bits per heavy atom. The first-order chi connectivity index (χ1) is 15.2. The summed E-state index contributed by atoms with van der Waals surface area (Å²) in [5.74, 6) is -4.78. The van der Waals surface area contributed by atoms with E-state index in [-0.39, 0.29) is 0 Å². The molecule has 0 aromatic carbocycles. The summed E-state index contributed by atoms with van der Waals surface area (Å²) < 4.78 is 31.2. The van der Waals surface area contributed by atoms with Gasteiger partial charge in [-0.1, -0.05) is 32.9 Å². The fraction of sp³-hybridized carbons (Fsp3) is 0.286. The first kappa shape index (κ1) is 26.0. The molecule has 1 fully saturated rings. The van der Waals surface area contributed by atoms with E-state index in [1.54, 1.807) is 0 Å². The molecule has 0 aromatic rings. The molecule has 0 saturated carbocycles. The highest BCUT2D eigenvalue weighted by atomic mass is 16.7. The third-order valence-corrected chi connectivity index (χ3v) is 3.80. The number of carbonyl (C=O) groups is 5. The highest BCUT2D eigenvalue weighted by Gasteiger charge is 2.54. The van der Waals surface area contributed by atoms with Crippen molar-refractivity contribution in [3.8, 4) is 0 Å². The minimum atomic E-state index is -1.68. The molecule has 0 radical (unpaired) electrons. The molecular weight excluding hydrogens is 428 g/mol. The van der Waals surface area contributed by atoms with E-state index in [0.717, 1.165) is 30.4 Å². The van der Waals surface area contributed by atoms with Gasteiger partial charge in [-0.3, -0.25) is 0 Å². The predicted molar refractivity (Wildman–Crippen MR) is 106 cm³/mol. The third kappa shape index (κ3) is 7.36. The van der Waals surface area contributed by atoms with Gasteiger partial charge in [0, 0.05) is 30.4 Å². The first-order valence-electron chi connectivity index (χ1n) is 8.97. The smallest absolute Gasteiger partial charge is 0.332 e. The van der Waals surface area contributed by atoms with Gasteiger partial charge in [0.05, 0.1) is 0 Å². The van der Waals surface area contributed by atoms with Crippen LogP contribution >= 0.6 is 0 Å². The van der Waals surface area contributed by atoms with Crippen LogP contribution in [0.4, 0.5) is 0 Å². The van der Waals surface area contributed by atoms with Gasteiger partial charge in [0.2, 0.25) is 12.4 Å². The van der Waals surface area contributed by atoms with Crippen molar-refractivity contribution in [2.45, 2.75) is 30.7 Å². The van der Waals surface area contributed by atoms with Gasteiger partial charge in [-0.15, -0.1) is 0 Å². The molecule has 32 heavy (non-hydrogen) atoms. The van der Waals surface area contributed by atoms with E-state index in [9.17, 15) is 24.0 Å². The van der Waals surface area contributed by atoms with E-state index in [2.05, 4.69) is 32.9 Å². The fourth-order valence-electron chi connectivity index (χ4n) is 2.44. The van der Waals surface area contributed by atoms with Gasteiger partial charge in [0.1, 0.15) is 12.7 Å². The van der Waals surface area contributed by atoms with Gasteiger partial charge < -0.3 is 28.4 Å². The van der Waals surface area contributed by atoms with Crippen LogP contribution < -0.4 is 0 Å². The maximum atomic E-state index is 12.0. The Bertz CT molecular complexity index is 813. The van der Waals surface area contributed by atoms with Crippen LogP contribution in [-0.2, 0) is 52.4 Å². The molecule has 0 aliphatic carbocycles. The molecule has 1 aliphatic heterocycles. The van der Waals surface area contributed by atoms with Crippen LogP contribution in [0.5, 0.6) is 0 Å². The van der Waals surface area contributed by atoms with E-state index < -0.39 is 67.2 Å². The van der Waals surface area contributed by atoms with E-state index in [0.29, 0.717) is 0 Å². The number of ether oxygens (including phenoxy) is 6. The highest BCUT2D eigenvalue weighted by Crippen LogP contribution is 2.30. The normalized spacial score (nSPS) is 23.9. The summed E-state index contributed by atoms with van der Waals surface area (Å²) >= 11 is 0. The van der Waals surface area contributed by atoms with Crippen LogP contribution in [0, 0.1) is 0 Å². The summed E-state index contributed by atoms with van der Waals surface area (Å²) in [6, 6.07) is 0. The van der Waals surface area contributed by atoms with Crippen molar-refractivity contribution in [3.63, 3.8) is 0 Å². The largest absolute Gasteiger partial charge is 0.460 e. The topological polar surface area (TPSA) is 141 Å². The molecule has 0 amide bonds. The summed E-state index contributed by atoms with van der Waals surface area (Å²) in [4.78, 5) is 59.0. The number of hydrogen-bond donors (Lipinski definition) is 0. The van der Waals surface area contributed by atoms with Crippen molar-refractivity contribution in [1.29, 1.82) is 0 Å². The lowest BCUT2D eigenvalue weighted by Crippen LogP contribution is -2.63. The summed E-state index contributed by atoms with van der Waals surface area (Å²) in [5.41, 5.74) is 0. The molecule has 0 aromatic heterocycles. The lowest BCUT2D eigenvalue weighted by Gasteiger charge is -2.43. The molecule has 1 unspecified atom stereocenters. The van der Waals surface area contributed by atoms with Crippen molar-refractivity contribution in [2.24, 2.45) is 0 Å². The Kier molecular flexibility index (Phi) is 10.3. The molecule has 1 saturated heterocycles. The molecule has 5 atom stereocenters. The van der Waals surface area contributed by atoms with Gasteiger partial charge in [0.15, 0.2) is 12.2 Å². The number of carbonyl (C=O) groups excluding carboxylic acids is 5. The number of hydrogen-bond acceptors (Lipinski definition) is 11. The van der Waals surface area contributed by atoms with Crippen LogP contribution in [0.15, 0.2) is 63.3 Å². The molecule has 172 valence electrons. The quantitative estimate of drug-likeness (QED) is 0.246. The van der Waals surface area contributed by atoms with Crippen LogP contribution in [0.3, 0.4) is 0 Å². The molecule has 0 N–H and O–H groups in total. The zero-order chi connectivity index (χ0) is 24.3. The Balaban J connectivity index is 3.47. The molecule has 11 heteroatoms. The Hall–Kier alpha value is -3.99. The van der Waals surface area contributed by atoms with E-state index in [4.69, 9.17) is 28.4 Å². The fourth-order valence-corrected chi connectivity index (χ4v) is 2.44. The van der Waals surface area contributed by atoms with Gasteiger partial charge in [0.25, 0.3) is 0 Å². The van der Waals surface area contributed by atoms with Gasteiger partial charge in [-0.2, -0.15) is 0 Å². The first-order valence-corrected chi connectivity index (χ1v) is 8.97. The lowest BCUT2D eigenvalue weighted by atomic mass is 9.98. The third-order valence-electron chi connectivity index (χ3n) is 3.80. The molecule has 0 spiro atoms. The molecule has 1 aliphatic rings. The second-order valence-electron chi connectivity index (χ2n) is 5.83. The Labute approximate surface area is 183 Å². The monoisotopic (exact) mass is 450 g/mol. The van der Waals surface area contributed by atoms with Crippen molar-refractivity contribution in [2.75, 3.05) is 6.61 Å². The van der Waals surface area contributed by atoms with Crippen LogP contribution in [0.1, 0.15) is 0 Å². The van der Waals surface area contributed by atoms with Crippen molar-refractivity contribution < 1.29 is 52.4 Å². The Morgan fingerprint density at radius 2 is 1.00 bits per heavy atom. The Morgan fingerprint density at radius 1 is 0.594 bits per heavy atom. The predicted octanol–water partition coefficient (Wildman–Crippen LogP) is 0.463. The second-order valence-corrected chi connectivity index (χ2v) is 5.83. The standard InChI is InChI=1S/C21H22O11/c1-6-13(22)27-11-12-18(29-14(23)7-2)19(30-15(24)8-3)20(31-16(25)9-4)21(28-12)32-17(26)10-5/h6-10,12,18-21H,1-5,11H2/t12-,18-,19+,20-,21?/m1/s1. The van der Waals surface area contributed by atoms with E-state index in [1.807, 2.05) is 0 Å². The zero-order valence-electron chi connectivity index (χ0n) is 17.0. The van der Waals surface area contributed by atoms with Crippen LogP contribution in [0.25, 0.3) is 0 Å². The number of rotatable bonds is 11. The maximum absolute atomic E-state index is 12.0. The average molecular weight is 450 g/mol. The van der Waals surface area contributed by atoms with E-state index in [1.165, 1.54) is 0 Å². The second kappa shape index (κ2) is 12.6. The molecule has 0 bridgehead atoms. The summed E-state index contributed by atoms with van der Waals surface area (Å²) in [6.45, 7) is 15.7. The average Bonchev–Trinajstić information content (AvgIpc) is 2.80.